The van der Waals surface area contributed by atoms with Gasteiger partial charge in [-0.1, -0.05) is 55.8 Å². The normalized spacial score (nSPS) is 11.1. The van der Waals surface area contributed by atoms with Gasteiger partial charge in [0.05, 0.1) is 0 Å². The Hall–Kier alpha value is -2.35. The molecular formula is C20H23NO. The summed E-state index contributed by atoms with van der Waals surface area (Å²) in [4.78, 5) is 12.1. The van der Waals surface area contributed by atoms with Gasteiger partial charge in [0, 0.05) is 23.5 Å². The van der Waals surface area contributed by atoms with Crippen molar-refractivity contribution in [2.75, 3.05) is 5.32 Å². The van der Waals surface area contributed by atoms with E-state index in [0.29, 0.717) is 11.5 Å². The average Bonchev–Trinajstić information content (AvgIpc) is 2.49. The molecule has 0 aliphatic rings. The monoisotopic (exact) mass is 293 g/mol. The second-order valence-electron chi connectivity index (χ2n) is 5.94. The summed E-state index contributed by atoms with van der Waals surface area (Å²) >= 11 is 0. The molecule has 2 rings (SSSR count). The number of rotatable bonds is 5. The van der Waals surface area contributed by atoms with Gasteiger partial charge >= 0.3 is 0 Å². The van der Waals surface area contributed by atoms with Gasteiger partial charge in [0.2, 0.25) is 0 Å². The molecule has 114 valence electrons. The zero-order valence-electron chi connectivity index (χ0n) is 13.7. The minimum atomic E-state index is 0.00701. The lowest BCUT2D eigenvalue weighted by Crippen LogP contribution is -1.98. The van der Waals surface area contributed by atoms with Gasteiger partial charge in [0.25, 0.3) is 0 Å². The van der Waals surface area contributed by atoms with E-state index < -0.39 is 0 Å². The van der Waals surface area contributed by atoms with Crippen LogP contribution in [0.3, 0.4) is 0 Å². The summed E-state index contributed by atoms with van der Waals surface area (Å²) in [6, 6.07) is 14.0. The fourth-order valence-electron chi connectivity index (χ4n) is 2.31. The number of carbonyl (C=O) groups excluding carboxylic acids is 1. The van der Waals surface area contributed by atoms with E-state index in [1.807, 2.05) is 30.3 Å². The summed E-state index contributed by atoms with van der Waals surface area (Å²) in [6.45, 7) is 8.40. The van der Waals surface area contributed by atoms with E-state index in [9.17, 15) is 4.79 Å². The molecule has 0 unspecified atom stereocenters. The van der Waals surface area contributed by atoms with Crippen LogP contribution in [0.5, 0.6) is 0 Å². The number of aryl methyl sites for hydroxylation is 2. The second kappa shape index (κ2) is 7.08. The smallest absolute Gasteiger partial charge is 0.187 e. The van der Waals surface area contributed by atoms with E-state index in [1.165, 1.54) is 16.7 Å². The lowest BCUT2D eigenvalue weighted by atomic mass is 10.0. The van der Waals surface area contributed by atoms with Crippen molar-refractivity contribution in [3.63, 3.8) is 0 Å². The lowest BCUT2D eigenvalue weighted by molar-refractivity contribution is 0.104. The number of nitrogens with one attached hydrogen (secondary N) is 1. The van der Waals surface area contributed by atoms with Crippen LogP contribution in [0.15, 0.2) is 54.7 Å². The molecule has 0 amide bonds. The molecule has 0 spiro atoms. The number of anilines is 1. The van der Waals surface area contributed by atoms with E-state index in [0.717, 1.165) is 5.69 Å². The van der Waals surface area contributed by atoms with Crippen LogP contribution in [-0.4, -0.2) is 5.78 Å². The van der Waals surface area contributed by atoms with Gasteiger partial charge in [0.15, 0.2) is 5.78 Å². The van der Waals surface area contributed by atoms with Gasteiger partial charge in [-0.05, 0) is 37.0 Å². The molecule has 2 aromatic carbocycles. The first-order valence-corrected chi connectivity index (χ1v) is 7.62. The van der Waals surface area contributed by atoms with E-state index in [2.05, 4.69) is 45.1 Å². The Morgan fingerprint density at radius 3 is 2.32 bits per heavy atom. The van der Waals surface area contributed by atoms with E-state index in [1.54, 1.807) is 12.3 Å². The zero-order valence-corrected chi connectivity index (χ0v) is 13.7. The number of benzene rings is 2. The van der Waals surface area contributed by atoms with Gasteiger partial charge in [-0.3, -0.25) is 4.79 Å². The van der Waals surface area contributed by atoms with Crippen molar-refractivity contribution in [3.8, 4) is 0 Å². The van der Waals surface area contributed by atoms with Gasteiger partial charge < -0.3 is 5.32 Å². The first-order valence-electron chi connectivity index (χ1n) is 7.62. The van der Waals surface area contributed by atoms with E-state index >= 15 is 0 Å². The molecule has 2 nitrogen and oxygen atoms in total. The summed E-state index contributed by atoms with van der Waals surface area (Å²) in [6.07, 6.45) is 3.28. The molecular weight excluding hydrogens is 270 g/mol. The van der Waals surface area contributed by atoms with Gasteiger partial charge in [-0.15, -0.1) is 0 Å². The Bertz CT molecular complexity index is 681. The molecule has 1 N–H and O–H groups in total. The fraction of sp³-hybridized carbons (Fsp3) is 0.250. The molecule has 0 bridgehead atoms. The molecule has 0 radical (unpaired) electrons. The highest BCUT2D eigenvalue weighted by Gasteiger charge is 2.03. The van der Waals surface area contributed by atoms with Crippen molar-refractivity contribution < 1.29 is 4.79 Å². The van der Waals surface area contributed by atoms with Crippen LogP contribution in [0.2, 0.25) is 0 Å². The lowest BCUT2D eigenvalue weighted by Gasteiger charge is -2.06. The number of ketones is 1. The number of allylic oxidation sites excluding steroid dienone is 1. The van der Waals surface area contributed by atoms with Crippen molar-refractivity contribution in [1.29, 1.82) is 0 Å². The van der Waals surface area contributed by atoms with Crippen LogP contribution in [0.25, 0.3) is 0 Å². The first-order chi connectivity index (χ1) is 10.5. The van der Waals surface area contributed by atoms with Crippen LogP contribution in [0.1, 0.15) is 46.8 Å². The molecule has 0 atom stereocenters. The zero-order chi connectivity index (χ0) is 16.1. The summed E-state index contributed by atoms with van der Waals surface area (Å²) in [5, 5.41) is 3.17. The largest absolute Gasteiger partial charge is 0.361 e. The molecule has 0 saturated carbocycles. The topological polar surface area (TPSA) is 29.1 Å². The van der Waals surface area contributed by atoms with Crippen molar-refractivity contribution in [2.24, 2.45) is 0 Å². The Kier molecular flexibility index (Phi) is 5.16. The second-order valence-corrected chi connectivity index (χ2v) is 5.94. The summed E-state index contributed by atoms with van der Waals surface area (Å²) in [5.74, 6) is 0.485. The number of carbonyl (C=O) groups is 1. The highest BCUT2D eigenvalue weighted by atomic mass is 16.1. The fourth-order valence-corrected chi connectivity index (χ4v) is 2.31. The van der Waals surface area contributed by atoms with E-state index in [-0.39, 0.29) is 5.78 Å². The Morgan fingerprint density at radius 2 is 1.73 bits per heavy atom. The van der Waals surface area contributed by atoms with Crippen LogP contribution in [0.4, 0.5) is 5.69 Å². The summed E-state index contributed by atoms with van der Waals surface area (Å²) in [5.41, 5.74) is 5.37. The highest BCUT2D eigenvalue weighted by Crippen LogP contribution is 2.17. The minimum absolute atomic E-state index is 0.00701. The highest BCUT2D eigenvalue weighted by molar-refractivity contribution is 6.04. The Balaban J connectivity index is 2.02. The van der Waals surface area contributed by atoms with Crippen LogP contribution >= 0.6 is 0 Å². The third kappa shape index (κ3) is 4.08. The standard InChI is InChI=1S/C20H23NO/c1-14(2)17-6-8-18(9-7-17)20(22)11-12-21-19-10-5-15(3)13-16(19)4/h5-14,21H,1-4H3/b12-11+. The van der Waals surface area contributed by atoms with E-state index in [4.69, 9.17) is 0 Å². The number of hydrogen-bond donors (Lipinski definition) is 1. The average molecular weight is 293 g/mol. The van der Waals surface area contributed by atoms with Crippen molar-refractivity contribution >= 4 is 11.5 Å². The third-order valence-corrected chi connectivity index (χ3v) is 3.72. The molecule has 0 aromatic heterocycles. The molecule has 0 aliphatic carbocycles. The quantitative estimate of drug-likeness (QED) is 0.603. The van der Waals surface area contributed by atoms with Crippen molar-refractivity contribution in [3.05, 3.63) is 77.0 Å². The Morgan fingerprint density at radius 1 is 1.05 bits per heavy atom. The van der Waals surface area contributed by atoms with Gasteiger partial charge in [-0.25, -0.2) is 0 Å². The molecule has 2 aromatic rings. The van der Waals surface area contributed by atoms with Gasteiger partial charge in [0.1, 0.15) is 0 Å². The maximum Gasteiger partial charge on any atom is 0.187 e. The molecule has 0 saturated heterocycles. The summed E-state index contributed by atoms with van der Waals surface area (Å²) in [7, 11) is 0. The molecule has 2 heteroatoms. The molecule has 22 heavy (non-hydrogen) atoms. The first kappa shape index (κ1) is 16.0. The van der Waals surface area contributed by atoms with Crippen LogP contribution in [-0.2, 0) is 0 Å². The molecule has 0 heterocycles. The van der Waals surface area contributed by atoms with Crippen molar-refractivity contribution in [1.82, 2.24) is 0 Å². The Labute approximate surface area is 132 Å². The van der Waals surface area contributed by atoms with Crippen LogP contribution in [0, 0.1) is 13.8 Å². The number of hydrogen-bond acceptors (Lipinski definition) is 2. The molecule has 0 fully saturated rings. The predicted molar refractivity (Wildman–Crippen MR) is 93.5 cm³/mol. The maximum absolute atomic E-state index is 12.1. The van der Waals surface area contributed by atoms with Crippen molar-refractivity contribution in [2.45, 2.75) is 33.6 Å². The minimum Gasteiger partial charge on any atom is -0.361 e. The molecule has 0 aliphatic heterocycles. The SMILES string of the molecule is Cc1ccc(N/C=C/C(=O)c2ccc(C(C)C)cc2)c(C)c1. The van der Waals surface area contributed by atoms with Crippen LogP contribution < -0.4 is 5.32 Å². The van der Waals surface area contributed by atoms with Gasteiger partial charge in [-0.2, -0.15) is 0 Å². The maximum atomic E-state index is 12.1. The summed E-state index contributed by atoms with van der Waals surface area (Å²) < 4.78 is 0. The predicted octanol–water partition coefficient (Wildman–Crippen LogP) is 5.24. The third-order valence-electron chi connectivity index (χ3n) is 3.72.